The SMILES string of the molecule is CCC1(CNS(=O)(=O)c2cnc(Cl)c(Cl)c2)CCC1. The summed E-state index contributed by atoms with van der Waals surface area (Å²) in [5.41, 5.74) is 0.122. The van der Waals surface area contributed by atoms with Gasteiger partial charge in [0.05, 0.1) is 5.02 Å². The number of rotatable bonds is 5. The Kier molecular flexibility index (Phi) is 4.40. The van der Waals surface area contributed by atoms with Gasteiger partial charge in [-0.1, -0.05) is 36.5 Å². The molecule has 0 bridgehead atoms. The third-order valence-electron chi connectivity index (χ3n) is 3.88. The first-order valence-corrected chi connectivity index (χ1v) is 8.43. The van der Waals surface area contributed by atoms with Gasteiger partial charge in [0.25, 0.3) is 0 Å². The van der Waals surface area contributed by atoms with Crippen molar-refractivity contribution < 1.29 is 8.42 Å². The van der Waals surface area contributed by atoms with Crippen molar-refractivity contribution in [2.75, 3.05) is 6.54 Å². The Balaban J connectivity index is 2.11. The summed E-state index contributed by atoms with van der Waals surface area (Å²) in [5.74, 6) is 0. The fourth-order valence-electron chi connectivity index (χ4n) is 2.21. The zero-order valence-electron chi connectivity index (χ0n) is 10.6. The summed E-state index contributed by atoms with van der Waals surface area (Å²) >= 11 is 11.5. The lowest BCUT2D eigenvalue weighted by atomic mass is 9.67. The normalized spacial score (nSPS) is 18.1. The lowest BCUT2D eigenvalue weighted by molar-refractivity contribution is 0.133. The number of halogens is 2. The number of pyridine rings is 1. The van der Waals surface area contributed by atoms with Gasteiger partial charge in [-0.2, -0.15) is 0 Å². The lowest BCUT2D eigenvalue weighted by Crippen LogP contribution is -2.41. The molecule has 1 aliphatic rings. The van der Waals surface area contributed by atoms with Crippen molar-refractivity contribution in [1.82, 2.24) is 9.71 Å². The van der Waals surface area contributed by atoms with Crippen LogP contribution in [0.4, 0.5) is 0 Å². The molecule has 1 N–H and O–H groups in total. The third-order valence-corrected chi connectivity index (χ3v) is 5.94. The molecule has 0 amide bonds. The maximum Gasteiger partial charge on any atom is 0.242 e. The van der Waals surface area contributed by atoms with Crippen LogP contribution in [0.15, 0.2) is 17.2 Å². The number of hydrogen-bond acceptors (Lipinski definition) is 3. The van der Waals surface area contributed by atoms with E-state index < -0.39 is 10.0 Å². The molecular weight excluding hydrogens is 307 g/mol. The van der Waals surface area contributed by atoms with Gasteiger partial charge >= 0.3 is 0 Å². The summed E-state index contributed by atoms with van der Waals surface area (Å²) in [6.07, 6.45) is 5.52. The van der Waals surface area contributed by atoms with Crippen LogP contribution >= 0.6 is 23.2 Å². The number of hydrogen-bond donors (Lipinski definition) is 1. The summed E-state index contributed by atoms with van der Waals surface area (Å²) in [5, 5.41) is 0.239. The molecule has 0 atom stereocenters. The van der Waals surface area contributed by atoms with Crippen LogP contribution in [-0.4, -0.2) is 19.9 Å². The standard InChI is InChI=1S/C12H16Cl2N2O2S/c1-2-12(4-3-5-12)8-16-19(17,18)9-6-10(13)11(14)15-7-9/h6-7,16H,2-5,8H2,1H3. The highest BCUT2D eigenvalue weighted by atomic mass is 35.5. The van der Waals surface area contributed by atoms with Gasteiger partial charge in [-0.05, 0) is 30.7 Å². The lowest BCUT2D eigenvalue weighted by Gasteiger charge is -2.41. The highest BCUT2D eigenvalue weighted by Gasteiger charge is 2.36. The molecule has 1 aromatic heterocycles. The van der Waals surface area contributed by atoms with Crippen molar-refractivity contribution in [2.24, 2.45) is 5.41 Å². The van der Waals surface area contributed by atoms with Crippen molar-refractivity contribution in [3.8, 4) is 0 Å². The predicted octanol–water partition coefficient (Wildman–Crippen LogP) is 3.25. The average molecular weight is 323 g/mol. The second kappa shape index (κ2) is 5.56. The summed E-state index contributed by atoms with van der Waals surface area (Å²) in [4.78, 5) is 3.81. The van der Waals surface area contributed by atoms with Crippen molar-refractivity contribution in [2.45, 2.75) is 37.5 Å². The Hall–Kier alpha value is -0.360. The highest BCUT2D eigenvalue weighted by Crippen LogP contribution is 2.43. The van der Waals surface area contributed by atoms with Crippen LogP contribution in [0.1, 0.15) is 32.6 Å². The van der Waals surface area contributed by atoms with Gasteiger partial charge < -0.3 is 0 Å². The Morgan fingerprint density at radius 1 is 1.42 bits per heavy atom. The van der Waals surface area contributed by atoms with Crippen LogP contribution in [0.25, 0.3) is 0 Å². The van der Waals surface area contributed by atoms with Gasteiger partial charge in [-0.3, -0.25) is 0 Å². The fraction of sp³-hybridized carbons (Fsp3) is 0.583. The summed E-state index contributed by atoms with van der Waals surface area (Å²) in [7, 11) is -3.57. The van der Waals surface area contributed by atoms with E-state index in [9.17, 15) is 8.42 Å². The van der Waals surface area contributed by atoms with Gasteiger partial charge in [0.2, 0.25) is 10.0 Å². The zero-order chi connectivity index (χ0) is 14.1. The molecule has 1 fully saturated rings. The largest absolute Gasteiger partial charge is 0.242 e. The van der Waals surface area contributed by atoms with Crippen LogP contribution < -0.4 is 4.72 Å². The van der Waals surface area contributed by atoms with Crippen LogP contribution in [0.2, 0.25) is 10.2 Å². The smallest absolute Gasteiger partial charge is 0.242 e. The molecule has 0 aliphatic heterocycles. The van der Waals surface area contributed by atoms with Crippen molar-refractivity contribution >= 4 is 33.2 Å². The van der Waals surface area contributed by atoms with Crippen LogP contribution in [-0.2, 0) is 10.0 Å². The molecule has 19 heavy (non-hydrogen) atoms. The van der Waals surface area contributed by atoms with E-state index in [1.54, 1.807) is 0 Å². The van der Waals surface area contributed by atoms with Crippen molar-refractivity contribution in [3.63, 3.8) is 0 Å². The molecule has 1 aliphatic carbocycles. The van der Waals surface area contributed by atoms with Gasteiger partial charge in [-0.25, -0.2) is 18.1 Å². The second-order valence-electron chi connectivity index (χ2n) is 4.98. The third kappa shape index (κ3) is 3.21. The van der Waals surface area contributed by atoms with E-state index in [0.29, 0.717) is 6.54 Å². The molecule has 0 radical (unpaired) electrons. The first-order valence-electron chi connectivity index (χ1n) is 6.19. The molecule has 4 nitrogen and oxygen atoms in total. The zero-order valence-corrected chi connectivity index (χ0v) is 12.9. The number of aromatic nitrogens is 1. The molecule has 1 heterocycles. The predicted molar refractivity (Wildman–Crippen MR) is 76.0 cm³/mol. The summed E-state index contributed by atoms with van der Waals surface area (Å²) in [6, 6.07) is 1.32. The average Bonchev–Trinajstić information content (AvgIpc) is 2.31. The number of nitrogens with one attached hydrogen (secondary N) is 1. The first kappa shape index (κ1) is 15.0. The van der Waals surface area contributed by atoms with Gasteiger partial charge in [0.1, 0.15) is 10.0 Å². The molecule has 1 saturated carbocycles. The van der Waals surface area contributed by atoms with E-state index in [4.69, 9.17) is 23.2 Å². The maximum absolute atomic E-state index is 12.1. The van der Waals surface area contributed by atoms with Crippen molar-refractivity contribution in [1.29, 1.82) is 0 Å². The Morgan fingerprint density at radius 2 is 2.11 bits per heavy atom. The van der Waals surface area contributed by atoms with Crippen LogP contribution in [0.5, 0.6) is 0 Å². The molecule has 0 spiro atoms. The van der Waals surface area contributed by atoms with E-state index in [-0.39, 0.29) is 20.5 Å². The molecule has 106 valence electrons. The number of sulfonamides is 1. The van der Waals surface area contributed by atoms with Crippen molar-refractivity contribution in [3.05, 3.63) is 22.4 Å². The molecule has 7 heteroatoms. The second-order valence-corrected chi connectivity index (χ2v) is 7.51. The minimum atomic E-state index is -3.57. The van der Waals surface area contributed by atoms with Crippen LogP contribution in [0, 0.1) is 5.41 Å². The van der Waals surface area contributed by atoms with E-state index in [1.807, 2.05) is 0 Å². The molecule has 0 aromatic carbocycles. The van der Waals surface area contributed by atoms with Gasteiger partial charge in [0.15, 0.2) is 0 Å². The van der Waals surface area contributed by atoms with E-state index in [0.717, 1.165) is 19.3 Å². The van der Waals surface area contributed by atoms with E-state index in [1.165, 1.54) is 18.7 Å². The Morgan fingerprint density at radius 3 is 2.58 bits per heavy atom. The summed E-state index contributed by atoms with van der Waals surface area (Å²) in [6.45, 7) is 2.56. The van der Waals surface area contributed by atoms with E-state index in [2.05, 4.69) is 16.6 Å². The fourth-order valence-corrected chi connectivity index (χ4v) is 3.68. The summed E-state index contributed by atoms with van der Waals surface area (Å²) < 4.78 is 26.9. The minimum Gasteiger partial charge on any atom is -0.242 e. The van der Waals surface area contributed by atoms with Gasteiger partial charge in [-0.15, -0.1) is 0 Å². The number of nitrogens with zero attached hydrogens (tertiary/aromatic N) is 1. The maximum atomic E-state index is 12.1. The topological polar surface area (TPSA) is 59.1 Å². The monoisotopic (exact) mass is 322 g/mol. The Labute approximate surface area is 123 Å². The molecule has 0 unspecified atom stereocenters. The minimum absolute atomic E-state index is 0.0486. The Bertz CT molecular complexity index is 566. The van der Waals surface area contributed by atoms with E-state index >= 15 is 0 Å². The highest BCUT2D eigenvalue weighted by molar-refractivity contribution is 7.89. The van der Waals surface area contributed by atoms with Crippen LogP contribution in [0.3, 0.4) is 0 Å². The molecule has 0 saturated heterocycles. The first-order chi connectivity index (χ1) is 8.88. The van der Waals surface area contributed by atoms with Gasteiger partial charge in [0, 0.05) is 12.7 Å². The molecule has 2 rings (SSSR count). The molecular formula is C12H16Cl2N2O2S. The molecule has 1 aromatic rings. The quantitative estimate of drug-likeness (QED) is 0.846.